The van der Waals surface area contributed by atoms with Gasteiger partial charge in [-0.25, -0.2) is 0 Å². The number of carbonyl (C=O) groups excluding carboxylic acids is 1. The molecule has 0 radical (unpaired) electrons. The summed E-state index contributed by atoms with van der Waals surface area (Å²) in [7, 11) is 2.74. The molecule has 0 unspecified atom stereocenters. The van der Waals surface area contributed by atoms with Crippen LogP contribution in [0.1, 0.15) is 24.2 Å². The molecule has 1 aromatic carbocycles. The summed E-state index contributed by atoms with van der Waals surface area (Å²) in [5.41, 5.74) is 4.67. The van der Waals surface area contributed by atoms with E-state index < -0.39 is 16.4 Å². The van der Waals surface area contributed by atoms with Crippen LogP contribution < -0.4 is 20.5 Å². The second kappa shape index (κ2) is 7.81. The molecule has 8 nitrogen and oxygen atoms in total. The summed E-state index contributed by atoms with van der Waals surface area (Å²) in [4.78, 5) is 22.6. The van der Waals surface area contributed by atoms with Crippen molar-refractivity contribution in [2.45, 2.75) is 19.4 Å². The first-order chi connectivity index (χ1) is 9.69. The van der Waals surface area contributed by atoms with Crippen LogP contribution in [0.15, 0.2) is 12.1 Å². The van der Waals surface area contributed by atoms with Crippen LogP contribution in [0.4, 0.5) is 5.69 Å². The SMILES string of the molecule is COc1cc(C(=O)NCC(C)(C)N)c([N+](=O)[O-])cc1OC.Cl. The van der Waals surface area contributed by atoms with Crippen molar-refractivity contribution in [1.82, 2.24) is 5.32 Å². The Kier molecular flexibility index (Phi) is 7.08. The molecule has 3 N–H and O–H groups in total. The number of nitro benzene ring substituents is 1. The maximum atomic E-state index is 12.1. The summed E-state index contributed by atoms with van der Waals surface area (Å²) in [5, 5.41) is 13.7. The van der Waals surface area contributed by atoms with Gasteiger partial charge in [-0.3, -0.25) is 14.9 Å². The normalized spacial score (nSPS) is 10.4. The molecule has 1 aromatic rings. The molecule has 0 heterocycles. The van der Waals surface area contributed by atoms with Crippen LogP contribution in [0.2, 0.25) is 0 Å². The highest BCUT2D eigenvalue weighted by molar-refractivity contribution is 5.99. The lowest BCUT2D eigenvalue weighted by atomic mass is 10.1. The minimum absolute atomic E-state index is 0. The third-order valence-electron chi connectivity index (χ3n) is 2.65. The number of nitrogens with two attached hydrogens (primary N) is 1. The lowest BCUT2D eigenvalue weighted by Crippen LogP contribution is -2.45. The average Bonchev–Trinajstić information content (AvgIpc) is 2.42. The number of ether oxygens (including phenoxy) is 2. The molecular formula is C13H20ClN3O5. The first-order valence-corrected chi connectivity index (χ1v) is 6.17. The molecule has 9 heteroatoms. The van der Waals surface area contributed by atoms with Crippen LogP contribution in [0.25, 0.3) is 0 Å². The topological polar surface area (TPSA) is 117 Å². The highest BCUT2D eigenvalue weighted by atomic mass is 35.5. The van der Waals surface area contributed by atoms with Gasteiger partial charge in [-0.05, 0) is 13.8 Å². The maximum absolute atomic E-state index is 12.1. The molecule has 0 bridgehead atoms. The lowest BCUT2D eigenvalue weighted by Gasteiger charge is -2.19. The summed E-state index contributed by atoms with van der Waals surface area (Å²) in [6.45, 7) is 3.64. The molecule has 1 rings (SSSR count). The van der Waals surface area contributed by atoms with Crippen molar-refractivity contribution in [3.05, 3.63) is 27.8 Å². The molecule has 22 heavy (non-hydrogen) atoms. The number of nitrogens with zero attached hydrogens (tertiary/aromatic N) is 1. The first-order valence-electron chi connectivity index (χ1n) is 6.17. The summed E-state index contributed by atoms with van der Waals surface area (Å²) < 4.78 is 10.0. The summed E-state index contributed by atoms with van der Waals surface area (Å²) >= 11 is 0. The van der Waals surface area contributed by atoms with Crippen LogP contribution in [-0.4, -0.2) is 37.1 Å². The third kappa shape index (κ3) is 5.05. The Hall–Kier alpha value is -2.06. The Balaban J connectivity index is 0.00000441. The van der Waals surface area contributed by atoms with Crippen LogP contribution >= 0.6 is 12.4 Å². The molecule has 0 aliphatic rings. The molecule has 0 aliphatic carbocycles. The van der Waals surface area contributed by atoms with Gasteiger partial charge in [-0.15, -0.1) is 12.4 Å². The fourth-order valence-electron chi connectivity index (χ4n) is 1.60. The lowest BCUT2D eigenvalue weighted by molar-refractivity contribution is -0.385. The van der Waals surface area contributed by atoms with E-state index >= 15 is 0 Å². The van der Waals surface area contributed by atoms with Gasteiger partial charge in [0.2, 0.25) is 0 Å². The molecule has 0 saturated carbocycles. The first kappa shape index (κ1) is 19.9. The van der Waals surface area contributed by atoms with Crippen molar-refractivity contribution >= 4 is 24.0 Å². The van der Waals surface area contributed by atoms with Gasteiger partial charge in [0.15, 0.2) is 11.5 Å². The zero-order valence-electron chi connectivity index (χ0n) is 12.8. The predicted octanol–water partition coefficient (Wildman–Crippen LogP) is 1.50. The van der Waals surface area contributed by atoms with E-state index in [1.807, 2.05) is 0 Å². The van der Waals surface area contributed by atoms with Gasteiger partial charge < -0.3 is 20.5 Å². The van der Waals surface area contributed by atoms with Gasteiger partial charge in [0.05, 0.1) is 25.2 Å². The zero-order valence-corrected chi connectivity index (χ0v) is 13.7. The van der Waals surface area contributed by atoms with Gasteiger partial charge in [-0.2, -0.15) is 0 Å². The second-order valence-corrected chi connectivity index (χ2v) is 5.15. The highest BCUT2D eigenvalue weighted by Gasteiger charge is 2.25. The molecule has 0 fully saturated rings. The van der Waals surface area contributed by atoms with Gasteiger partial charge in [0.1, 0.15) is 5.56 Å². The maximum Gasteiger partial charge on any atom is 0.286 e. The number of hydrogen-bond acceptors (Lipinski definition) is 6. The van der Waals surface area contributed by atoms with E-state index in [0.717, 1.165) is 6.07 Å². The fraction of sp³-hybridized carbons (Fsp3) is 0.462. The van der Waals surface area contributed by atoms with Gasteiger partial charge in [0, 0.05) is 18.2 Å². The van der Waals surface area contributed by atoms with Gasteiger partial charge in [0.25, 0.3) is 11.6 Å². The molecule has 0 aromatic heterocycles. The standard InChI is InChI=1S/C13H19N3O5.ClH/c1-13(2,14)7-15-12(17)8-5-10(20-3)11(21-4)6-9(8)16(18)19;/h5-6H,7,14H2,1-4H3,(H,15,17);1H. The molecule has 1 amide bonds. The minimum atomic E-state index is -0.648. The van der Waals surface area contributed by atoms with Crippen LogP contribution in [0, 0.1) is 10.1 Å². The molecular weight excluding hydrogens is 314 g/mol. The number of methoxy groups -OCH3 is 2. The number of nitro groups is 1. The van der Waals surface area contributed by atoms with Crippen LogP contribution in [-0.2, 0) is 0 Å². The van der Waals surface area contributed by atoms with E-state index in [1.54, 1.807) is 13.8 Å². The van der Waals surface area contributed by atoms with Crippen molar-refractivity contribution in [3.63, 3.8) is 0 Å². The highest BCUT2D eigenvalue weighted by Crippen LogP contribution is 2.34. The fourth-order valence-corrected chi connectivity index (χ4v) is 1.60. The van der Waals surface area contributed by atoms with E-state index in [4.69, 9.17) is 15.2 Å². The van der Waals surface area contributed by atoms with Crippen LogP contribution in [0.3, 0.4) is 0 Å². The Labute approximate surface area is 134 Å². The Morgan fingerprint density at radius 2 is 1.82 bits per heavy atom. The Morgan fingerprint density at radius 3 is 2.23 bits per heavy atom. The number of amides is 1. The molecule has 0 saturated heterocycles. The number of rotatable bonds is 6. The van der Waals surface area contributed by atoms with Crippen molar-refractivity contribution in [1.29, 1.82) is 0 Å². The molecule has 124 valence electrons. The van der Waals surface area contributed by atoms with Gasteiger partial charge in [-0.1, -0.05) is 0 Å². The van der Waals surface area contributed by atoms with E-state index in [-0.39, 0.29) is 41.7 Å². The number of nitrogens with one attached hydrogen (secondary N) is 1. The van der Waals surface area contributed by atoms with Crippen molar-refractivity contribution in [2.75, 3.05) is 20.8 Å². The summed E-state index contributed by atoms with van der Waals surface area (Å²) in [6, 6.07) is 2.43. The molecule has 0 spiro atoms. The predicted molar refractivity (Wildman–Crippen MR) is 84.0 cm³/mol. The number of benzene rings is 1. The number of hydrogen-bond donors (Lipinski definition) is 2. The molecule has 0 aliphatic heterocycles. The second-order valence-electron chi connectivity index (χ2n) is 5.15. The van der Waals surface area contributed by atoms with E-state index in [9.17, 15) is 14.9 Å². The Morgan fingerprint density at radius 1 is 1.32 bits per heavy atom. The van der Waals surface area contributed by atoms with Crippen molar-refractivity contribution in [3.8, 4) is 11.5 Å². The van der Waals surface area contributed by atoms with Crippen LogP contribution in [0.5, 0.6) is 11.5 Å². The van der Waals surface area contributed by atoms with E-state index in [2.05, 4.69) is 5.32 Å². The number of carbonyl (C=O) groups is 1. The van der Waals surface area contributed by atoms with Crippen molar-refractivity contribution in [2.24, 2.45) is 5.73 Å². The monoisotopic (exact) mass is 333 g/mol. The van der Waals surface area contributed by atoms with Crippen molar-refractivity contribution < 1.29 is 19.2 Å². The summed E-state index contributed by atoms with van der Waals surface area (Å²) in [5.74, 6) is -0.179. The minimum Gasteiger partial charge on any atom is -0.493 e. The summed E-state index contributed by atoms with van der Waals surface area (Å²) in [6.07, 6.45) is 0. The third-order valence-corrected chi connectivity index (χ3v) is 2.65. The average molecular weight is 334 g/mol. The quantitative estimate of drug-likeness (QED) is 0.602. The zero-order chi connectivity index (χ0) is 16.2. The number of halogens is 1. The molecule has 0 atom stereocenters. The van der Waals surface area contributed by atoms with E-state index in [0.29, 0.717) is 0 Å². The van der Waals surface area contributed by atoms with E-state index in [1.165, 1.54) is 20.3 Å². The smallest absolute Gasteiger partial charge is 0.286 e. The Bertz CT molecular complexity index is 557. The van der Waals surface area contributed by atoms with Gasteiger partial charge >= 0.3 is 0 Å². The largest absolute Gasteiger partial charge is 0.493 e.